The molecule has 0 bridgehead atoms. The van der Waals surface area contributed by atoms with Crippen molar-refractivity contribution < 1.29 is 17.9 Å². The van der Waals surface area contributed by atoms with E-state index in [0.29, 0.717) is 5.69 Å². The molecule has 0 saturated carbocycles. The lowest BCUT2D eigenvalue weighted by Gasteiger charge is -2.06. The molecule has 1 heterocycles. The Morgan fingerprint density at radius 1 is 1.42 bits per heavy atom. The van der Waals surface area contributed by atoms with Crippen molar-refractivity contribution in [3.8, 4) is 0 Å². The van der Waals surface area contributed by atoms with Gasteiger partial charge in [0.25, 0.3) is 5.56 Å². The molecular formula is C11H16N2O5S. The maximum absolute atomic E-state index is 11.5. The average molecular weight is 288 g/mol. The second kappa shape index (κ2) is 6.37. The zero-order chi connectivity index (χ0) is 14.5. The number of nitrogen functional groups attached to an aromatic ring is 1. The molecule has 0 aliphatic rings. The molecule has 2 N–H and O–H groups in total. The molecule has 0 aromatic carbocycles. The van der Waals surface area contributed by atoms with Crippen molar-refractivity contribution in [2.75, 3.05) is 24.3 Å². The molecule has 7 nitrogen and oxygen atoms in total. The molecule has 0 radical (unpaired) electrons. The summed E-state index contributed by atoms with van der Waals surface area (Å²) in [7, 11) is -2.38. The van der Waals surface area contributed by atoms with Crippen molar-refractivity contribution >= 4 is 21.5 Å². The first kappa shape index (κ1) is 15.2. The number of pyridine rings is 1. The van der Waals surface area contributed by atoms with Crippen LogP contribution in [0.25, 0.3) is 0 Å². The van der Waals surface area contributed by atoms with Crippen molar-refractivity contribution in [1.82, 2.24) is 4.57 Å². The summed E-state index contributed by atoms with van der Waals surface area (Å²) in [5, 5.41) is 0. The topological polar surface area (TPSA) is 108 Å². The first-order valence-electron chi connectivity index (χ1n) is 5.57. The number of hydrogen-bond acceptors (Lipinski definition) is 6. The Bertz CT molecular complexity index is 606. The smallest absolute Gasteiger partial charge is 0.320 e. The molecule has 0 atom stereocenters. The SMILES string of the molecule is COC(=O)CS(=O)(=O)CCCn1cc(N)ccc1=O. The summed E-state index contributed by atoms with van der Waals surface area (Å²) in [6, 6.07) is 2.80. The van der Waals surface area contributed by atoms with Gasteiger partial charge < -0.3 is 15.0 Å². The fraction of sp³-hybridized carbons (Fsp3) is 0.455. The van der Waals surface area contributed by atoms with E-state index < -0.39 is 21.6 Å². The van der Waals surface area contributed by atoms with E-state index in [9.17, 15) is 18.0 Å². The second-order valence-corrected chi connectivity index (χ2v) is 6.20. The van der Waals surface area contributed by atoms with Gasteiger partial charge in [-0.15, -0.1) is 0 Å². The van der Waals surface area contributed by atoms with Gasteiger partial charge in [0.15, 0.2) is 9.84 Å². The highest BCUT2D eigenvalue weighted by Gasteiger charge is 2.16. The van der Waals surface area contributed by atoms with E-state index >= 15 is 0 Å². The van der Waals surface area contributed by atoms with Gasteiger partial charge in [-0.1, -0.05) is 0 Å². The Hall–Kier alpha value is -1.83. The monoisotopic (exact) mass is 288 g/mol. The van der Waals surface area contributed by atoms with Gasteiger partial charge in [-0.3, -0.25) is 9.59 Å². The number of nitrogens with zero attached hydrogens (tertiary/aromatic N) is 1. The first-order valence-corrected chi connectivity index (χ1v) is 7.39. The van der Waals surface area contributed by atoms with Crippen LogP contribution in [-0.4, -0.2) is 37.6 Å². The van der Waals surface area contributed by atoms with Crippen LogP contribution in [0, 0.1) is 0 Å². The molecular weight excluding hydrogens is 272 g/mol. The minimum atomic E-state index is -3.51. The third kappa shape index (κ3) is 5.12. The number of esters is 1. The van der Waals surface area contributed by atoms with Crippen LogP contribution in [0.5, 0.6) is 0 Å². The summed E-state index contributed by atoms with van der Waals surface area (Å²) in [6.45, 7) is 0.226. The van der Waals surface area contributed by atoms with E-state index in [2.05, 4.69) is 4.74 Å². The third-order valence-electron chi connectivity index (χ3n) is 2.43. The summed E-state index contributed by atoms with van der Waals surface area (Å²) in [5.74, 6) is -1.63. The van der Waals surface area contributed by atoms with Gasteiger partial charge in [-0.25, -0.2) is 8.42 Å². The molecule has 0 aliphatic heterocycles. The van der Waals surface area contributed by atoms with Gasteiger partial charge in [0.1, 0.15) is 5.75 Å². The highest BCUT2D eigenvalue weighted by molar-refractivity contribution is 7.92. The molecule has 0 amide bonds. The van der Waals surface area contributed by atoms with Gasteiger partial charge >= 0.3 is 5.97 Å². The van der Waals surface area contributed by atoms with Crippen LogP contribution in [0.3, 0.4) is 0 Å². The summed E-state index contributed by atoms with van der Waals surface area (Å²) in [4.78, 5) is 22.3. The molecule has 106 valence electrons. The van der Waals surface area contributed by atoms with Crippen LogP contribution in [0.2, 0.25) is 0 Å². The predicted molar refractivity (Wildman–Crippen MR) is 70.4 cm³/mol. The van der Waals surface area contributed by atoms with Crippen molar-refractivity contribution in [2.24, 2.45) is 0 Å². The molecule has 1 aromatic heterocycles. The lowest BCUT2D eigenvalue weighted by atomic mass is 10.4. The van der Waals surface area contributed by atoms with Crippen molar-refractivity contribution in [3.63, 3.8) is 0 Å². The quantitative estimate of drug-likeness (QED) is 0.701. The molecule has 19 heavy (non-hydrogen) atoms. The number of anilines is 1. The minimum Gasteiger partial charge on any atom is -0.468 e. The second-order valence-electron chi connectivity index (χ2n) is 4.02. The summed E-state index contributed by atoms with van der Waals surface area (Å²) < 4.78 is 28.7. The zero-order valence-corrected chi connectivity index (χ0v) is 11.4. The molecule has 1 aromatic rings. The van der Waals surface area contributed by atoms with Gasteiger partial charge in [0.2, 0.25) is 0 Å². The van der Waals surface area contributed by atoms with Crippen LogP contribution >= 0.6 is 0 Å². The number of methoxy groups -OCH3 is 1. The maximum atomic E-state index is 11.5. The van der Waals surface area contributed by atoms with Gasteiger partial charge in [0.05, 0.1) is 12.9 Å². The maximum Gasteiger partial charge on any atom is 0.320 e. The summed E-state index contributed by atoms with van der Waals surface area (Å²) in [6.07, 6.45) is 1.68. The fourth-order valence-corrected chi connectivity index (χ4v) is 2.68. The number of ether oxygens (including phenoxy) is 1. The first-order chi connectivity index (χ1) is 8.84. The Balaban J connectivity index is 2.57. The largest absolute Gasteiger partial charge is 0.468 e. The summed E-state index contributed by atoms with van der Waals surface area (Å²) in [5.41, 5.74) is 5.71. The number of hydrogen-bond donors (Lipinski definition) is 1. The standard InChI is InChI=1S/C11H16N2O5S/c1-18-11(15)8-19(16,17)6-2-5-13-7-9(12)3-4-10(13)14/h3-4,7H,2,5-6,8,12H2,1H3. The number of sulfone groups is 1. The van der Waals surface area contributed by atoms with E-state index in [4.69, 9.17) is 5.73 Å². The van der Waals surface area contributed by atoms with Crippen LogP contribution < -0.4 is 11.3 Å². The average Bonchev–Trinajstić information content (AvgIpc) is 2.32. The number of rotatable bonds is 6. The summed E-state index contributed by atoms with van der Waals surface area (Å²) >= 11 is 0. The third-order valence-corrected chi connectivity index (χ3v) is 4.01. The molecule has 0 fully saturated rings. The lowest BCUT2D eigenvalue weighted by molar-refractivity contribution is -0.137. The van der Waals surface area contributed by atoms with E-state index in [-0.39, 0.29) is 24.3 Å². The highest BCUT2D eigenvalue weighted by Crippen LogP contribution is 2.00. The van der Waals surface area contributed by atoms with Crippen LogP contribution in [0.1, 0.15) is 6.42 Å². The molecule has 0 unspecified atom stereocenters. The van der Waals surface area contributed by atoms with E-state index in [1.165, 1.54) is 22.9 Å². The van der Waals surface area contributed by atoms with Gasteiger partial charge in [0, 0.05) is 24.5 Å². The van der Waals surface area contributed by atoms with Crippen LogP contribution in [0.4, 0.5) is 5.69 Å². The van der Waals surface area contributed by atoms with Gasteiger partial charge in [-0.05, 0) is 12.5 Å². The number of nitrogens with two attached hydrogens (primary N) is 1. The number of carbonyl (C=O) groups excluding carboxylic acids is 1. The van der Waals surface area contributed by atoms with Crippen molar-refractivity contribution in [3.05, 3.63) is 28.7 Å². The fourth-order valence-electron chi connectivity index (χ4n) is 1.49. The predicted octanol–water partition coefficient (Wildman–Crippen LogP) is -0.592. The number of aryl methyl sites for hydroxylation is 1. The number of aromatic nitrogens is 1. The van der Waals surface area contributed by atoms with E-state index in [0.717, 1.165) is 7.11 Å². The van der Waals surface area contributed by atoms with Crippen LogP contribution in [-0.2, 0) is 25.9 Å². The molecule has 0 saturated heterocycles. The number of carbonyl (C=O) groups is 1. The molecule has 8 heteroatoms. The Labute approximate surface area is 110 Å². The van der Waals surface area contributed by atoms with Gasteiger partial charge in [-0.2, -0.15) is 0 Å². The zero-order valence-electron chi connectivity index (χ0n) is 10.5. The van der Waals surface area contributed by atoms with E-state index in [1.54, 1.807) is 0 Å². The van der Waals surface area contributed by atoms with Crippen molar-refractivity contribution in [1.29, 1.82) is 0 Å². The molecule has 0 aliphatic carbocycles. The minimum absolute atomic E-state index is 0.191. The Kier molecular flexibility index (Phi) is 5.11. The Morgan fingerprint density at radius 3 is 2.74 bits per heavy atom. The molecule has 1 rings (SSSR count). The van der Waals surface area contributed by atoms with Crippen LogP contribution in [0.15, 0.2) is 23.1 Å². The molecule has 0 spiro atoms. The van der Waals surface area contributed by atoms with E-state index in [1.807, 2.05) is 0 Å². The highest BCUT2D eigenvalue weighted by atomic mass is 32.2. The van der Waals surface area contributed by atoms with Crippen molar-refractivity contribution in [2.45, 2.75) is 13.0 Å². The lowest BCUT2D eigenvalue weighted by Crippen LogP contribution is -2.23. The Morgan fingerprint density at radius 2 is 2.11 bits per heavy atom. The normalized spacial score (nSPS) is 11.2.